The van der Waals surface area contributed by atoms with Gasteiger partial charge in [0.15, 0.2) is 5.78 Å². The van der Waals surface area contributed by atoms with Crippen LogP contribution in [0.3, 0.4) is 0 Å². The Morgan fingerprint density at radius 2 is 1.81 bits per heavy atom. The molecule has 1 saturated carbocycles. The molecule has 0 unspecified atom stereocenters. The van der Waals surface area contributed by atoms with Crippen molar-refractivity contribution in [1.82, 2.24) is 0 Å². The molecule has 0 heterocycles. The van der Waals surface area contributed by atoms with Gasteiger partial charge in [-0.25, -0.2) is 0 Å². The highest BCUT2D eigenvalue weighted by Gasteiger charge is 2.41. The monoisotopic (exact) mass is 288 g/mol. The third kappa shape index (κ3) is 3.55. The van der Waals surface area contributed by atoms with Gasteiger partial charge in [-0.05, 0) is 69.1 Å². The van der Waals surface area contributed by atoms with Crippen molar-refractivity contribution in [3.63, 3.8) is 0 Å². The Bertz CT molecular complexity index is 476. The number of ketones is 1. The van der Waals surface area contributed by atoms with Crippen LogP contribution in [-0.2, 0) is 16.0 Å². The van der Waals surface area contributed by atoms with Crippen LogP contribution in [0.25, 0.3) is 0 Å². The third-order valence-corrected chi connectivity index (χ3v) is 4.99. The highest BCUT2D eigenvalue weighted by molar-refractivity contribution is 5.89. The fraction of sp³-hybridized carbons (Fsp3) is 0.632. The molecule has 1 aromatic rings. The molecule has 0 spiro atoms. The second kappa shape index (κ2) is 6.74. The van der Waals surface area contributed by atoms with E-state index in [1.807, 2.05) is 6.92 Å². The summed E-state index contributed by atoms with van der Waals surface area (Å²) in [5.74, 6) is 0.986. The van der Waals surface area contributed by atoms with Gasteiger partial charge >= 0.3 is 0 Å². The van der Waals surface area contributed by atoms with E-state index < -0.39 is 5.60 Å². The van der Waals surface area contributed by atoms with Crippen LogP contribution in [0.4, 0.5) is 0 Å². The van der Waals surface area contributed by atoms with Gasteiger partial charge in [0, 0.05) is 13.0 Å². The molecule has 0 aliphatic heterocycles. The minimum absolute atomic E-state index is 0.272. The number of ether oxygens (including phenoxy) is 1. The van der Waals surface area contributed by atoms with Crippen LogP contribution in [0.15, 0.2) is 18.2 Å². The Hall–Kier alpha value is -1.15. The van der Waals surface area contributed by atoms with Crippen LogP contribution in [0.2, 0.25) is 0 Å². The number of rotatable bonds is 5. The predicted molar refractivity (Wildman–Crippen MR) is 86.6 cm³/mol. The first-order valence-corrected chi connectivity index (χ1v) is 8.21. The summed E-state index contributed by atoms with van der Waals surface area (Å²) in [6.45, 7) is 9.06. The summed E-state index contributed by atoms with van der Waals surface area (Å²) < 4.78 is 5.98. The first kappa shape index (κ1) is 16.2. The third-order valence-electron chi connectivity index (χ3n) is 4.99. The Morgan fingerprint density at radius 1 is 1.24 bits per heavy atom. The lowest BCUT2D eigenvalue weighted by atomic mass is 9.75. The molecule has 0 N–H and O–H groups in total. The molecule has 0 aromatic heterocycles. The standard InChI is InChI=1S/C19H28O2/c1-5-21-19(11-9-14(2)10-12-19)18(20)13-17-15(3)7-6-8-16(17)4/h6-8,14H,5,9-13H2,1-4H3. The summed E-state index contributed by atoms with van der Waals surface area (Å²) in [5, 5.41) is 0. The molecule has 2 rings (SSSR count). The normalized spacial score (nSPS) is 25.8. The van der Waals surface area contributed by atoms with Crippen LogP contribution in [0.5, 0.6) is 0 Å². The van der Waals surface area contributed by atoms with Gasteiger partial charge in [0.1, 0.15) is 5.60 Å². The molecule has 0 saturated heterocycles. The number of Topliss-reactive ketones (excluding diaryl/α,β-unsaturated/α-hetero) is 1. The topological polar surface area (TPSA) is 26.3 Å². The number of benzene rings is 1. The molecular formula is C19H28O2. The van der Waals surface area contributed by atoms with E-state index in [2.05, 4.69) is 39.0 Å². The molecule has 1 aliphatic carbocycles. The van der Waals surface area contributed by atoms with Gasteiger partial charge in [0.25, 0.3) is 0 Å². The van der Waals surface area contributed by atoms with Crippen molar-refractivity contribution in [2.24, 2.45) is 5.92 Å². The van der Waals surface area contributed by atoms with E-state index in [4.69, 9.17) is 4.74 Å². The summed E-state index contributed by atoms with van der Waals surface area (Å²) in [6, 6.07) is 6.23. The van der Waals surface area contributed by atoms with Crippen molar-refractivity contribution in [3.8, 4) is 0 Å². The highest BCUT2D eigenvalue weighted by atomic mass is 16.5. The Labute approximate surface area is 128 Å². The van der Waals surface area contributed by atoms with Crippen molar-refractivity contribution in [2.45, 2.75) is 65.4 Å². The lowest BCUT2D eigenvalue weighted by molar-refractivity contribution is -0.149. The summed E-state index contributed by atoms with van der Waals surface area (Å²) >= 11 is 0. The summed E-state index contributed by atoms with van der Waals surface area (Å²) in [7, 11) is 0. The fourth-order valence-corrected chi connectivity index (χ4v) is 3.46. The molecule has 116 valence electrons. The first-order valence-electron chi connectivity index (χ1n) is 8.21. The minimum atomic E-state index is -0.532. The first-order chi connectivity index (χ1) is 9.98. The largest absolute Gasteiger partial charge is 0.367 e. The molecule has 1 aromatic carbocycles. The maximum absolute atomic E-state index is 13.0. The molecule has 1 fully saturated rings. The quantitative estimate of drug-likeness (QED) is 0.802. The average Bonchev–Trinajstić information content (AvgIpc) is 2.46. The van der Waals surface area contributed by atoms with Gasteiger partial charge in [-0.1, -0.05) is 25.1 Å². The molecule has 0 amide bonds. The second-order valence-corrected chi connectivity index (χ2v) is 6.58. The number of hydrogen-bond acceptors (Lipinski definition) is 2. The van der Waals surface area contributed by atoms with E-state index in [1.54, 1.807) is 0 Å². The Balaban J connectivity index is 2.20. The molecular weight excluding hydrogens is 260 g/mol. The van der Waals surface area contributed by atoms with Crippen molar-refractivity contribution in [1.29, 1.82) is 0 Å². The van der Waals surface area contributed by atoms with Crippen LogP contribution >= 0.6 is 0 Å². The zero-order chi connectivity index (χ0) is 15.5. The van der Waals surface area contributed by atoms with Crippen LogP contribution < -0.4 is 0 Å². The lowest BCUT2D eigenvalue weighted by Crippen LogP contribution is -2.45. The minimum Gasteiger partial charge on any atom is -0.367 e. The Morgan fingerprint density at radius 3 is 2.33 bits per heavy atom. The predicted octanol–water partition coefficient (Wildman–Crippen LogP) is 4.40. The van der Waals surface area contributed by atoms with Crippen LogP contribution in [0, 0.1) is 19.8 Å². The smallest absolute Gasteiger partial charge is 0.168 e. The van der Waals surface area contributed by atoms with Crippen molar-refractivity contribution >= 4 is 5.78 Å². The average molecular weight is 288 g/mol. The molecule has 0 radical (unpaired) electrons. The van der Waals surface area contributed by atoms with Gasteiger partial charge in [-0.3, -0.25) is 4.79 Å². The summed E-state index contributed by atoms with van der Waals surface area (Å²) in [4.78, 5) is 13.0. The van der Waals surface area contributed by atoms with E-state index in [0.717, 1.165) is 25.7 Å². The van der Waals surface area contributed by atoms with Gasteiger partial charge in [-0.2, -0.15) is 0 Å². The van der Waals surface area contributed by atoms with E-state index in [9.17, 15) is 4.79 Å². The van der Waals surface area contributed by atoms with Gasteiger partial charge in [-0.15, -0.1) is 0 Å². The van der Waals surface area contributed by atoms with E-state index in [1.165, 1.54) is 16.7 Å². The molecule has 0 atom stereocenters. The van der Waals surface area contributed by atoms with Crippen LogP contribution in [0.1, 0.15) is 56.2 Å². The number of carbonyl (C=O) groups is 1. The highest BCUT2D eigenvalue weighted by Crippen LogP contribution is 2.36. The number of aryl methyl sites for hydroxylation is 2. The number of carbonyl (C=O) groups excluding carboxylic acids is 1. The van der Waals surface area contributed by atoms with Crippen molar-refractivity contribution < 1.29 is 9.53 Å². The summed E-state index contributed by atoms with van der Waals surface area (Å²) in [6.07, 6.45) is 4.46. The molecule has 0 bridgehead atoms. The SMILES string of the molecule is CCOC1(C(=O)Cc2c(C)cccc2C)CCC(C)CC1. The molecule has 2 nitrogen and oxygen atoms in total. The zero-order valence-electron chi connectivity index (χ0n) is 13.9. The maximum Gasteiger partial charge on any atom is 0.168 e. The molecule has 2 heteroatoms. The van der Waals surface area contributed by atoms with E-state index in [0.29, 0.717) is 18.9 Å². The maximum atomic E-state index is 13.0. The van der Waals surface area contributed by atoms with E-state index >= 15 is 0 Å². The van der Waals surface area contributed by atoms with Gasteiger partial charge in [0.05, 0.1) is 0 Å². The summed E-state index contributed by atoms with van der Waals surface area (Å²) in [5.41, 5.74) is 3.06. The molecule has 21 heavy (non-hydrogen) atoms. The zero-order valence-corrected chi connectivity index (χ0v) is 13.9. The van der Waals surface area contributed by atoms with Crippen LogP contribution in [-0.4, -0.2) is 18.0 Å². The fourth-order valence-electron chi connectivity index (χ4n) is 3.46. The van der Waals surface area contributed by atoms with Crippen molar-refractivity contribution in [2.75, 3.05) is 6.61 Å². The van der Waals surface area contributed by atoms with Gasteiger partial charge < -0.3 is 4.74 Å². The van der Waals surface area contributed by atoms with E-state index in [-0.39, 0.29) is 5.78 Å². The number of hydrogen-bond donors (Lipinski definition) is 0. The Kier molecular flexibility index (Phi) is 5.21. The van der Waals surface area contributed by atoms with Gasteiger partial charge in [0.2, 0.25) is 0 Å². The molecule has 1 aliphatic rings. The lowest BCUT2D eigenvalue weighted by Gasteiger charge is -2.38. The second-order valence-electron chi connectivity index (χ2n) is 6.58. The van der Waals surface area contributed by atoms with Crippen molar-refractivity contribution in [3.05, 3.63) is 34.9 Å².